The van der Waals surface area contributed by atoms with Crippen LogP contribution in [-0.4, -0.2) is 17.5 Å². The van der Waals surface area contributed by atoms with Gasteiger partial charge >= 0.3 is 0 Å². The summed E-state index contributed by atoms with van der Waals surface area (Å²) in [5.74, 6) is 0. The molecule has 0 unspecified atom stereocenters. The van der Waals surface area contributed by atoms with Crippen molar-refractivity contribution in [2.75, 3.05) is 0 Å². The summed E-state index contributed by atoms with van der Waals surface area (Å²) >= 11 is 0. The van der Waals surface area contributed by atoms with Crippen LogP contribution in [0.4, 0.5) is 0 Å². The minimum Gasteiger partial charge on any atom is -0.359 e. The van der Waals surface area contributed by atoms with Crippen LogP contribution in [-0.2, 0) is 0 Å². The Morgan fingerprint density at radius 1 is 1.33 bits per heavy atom. The summed E-state index contributed by atoms with van der Waals surface area (Å²) in [5, 5.41) is 8.79. The van der Waals surface area contributed by atoms with E-state index in [1.165, 1.54) is 0 Å². The first-order chi connectivity index (χ1) is 7.02. The lowest BCUT2D eigenvalue weighted by atomic mass is 10.2. The third-order valence-electron chi connectivity index (χ3n) is 2.40. The fourth-order valence-corrected chi connectivity index (χ4v) is 2.93. The van der Waals surface area contributed by atoms with Gasteiger partial charge < -0.3 is 4.23 Å². The van der Waals surface area contributed by atoms with E-state index in [4.69, 9.17) is 5.26 Å². The molecule has 0 aliphatic carbocycles. The van der Waals surface area contributed by atoms with Crippen LogP contribution in [0.25, 0.3) is 11.0 Å². The SMILES string of the molecule is C[Si](C)(C)n1cnc2cc(C#N)ccc21. The number of rotatable bonds is 1. The molecule has 0 amide bonds. The molecule has 1 heterocycles. The van der Waals surface area contributed by atoms with Crippen LogP contribution in [0.1, 0.15) is 5.56 Å². The van der Waals surface area contributed by atoms with Crippen molar-refractivity contribution >= 4 is 19.3 Å². The van der Waals surface area contributed by atoms with E-state index in [9.17, 15) is 0 Å². The molecule has 0 N–H and O–H groups in total. The fraction of sp³-hybridized carbons (Fsp3) is 0.273. The molecule has 0 fully saturated rings. The summed E-state index contributed by atoms with van der Waals surface area (Å²) in [7, 11) is -1.40. The van der Waals surface area contributed by atoms with E-state index >= 15 is 0 Å². The summed E-state index contributed by atoms with van der Waals surface area (Å²) in [5.41, 5.74) is 2.72. The summed E-state index contributed by atoms with van der Waals surface area (Å²) in [4.78, 5) is 4.34. The van der Waals surface area contributed by atoms with Crippen LogP contribution >= 0.6 is 0 Å². The molecule has 0 aliphatic heterocycles. The highest BCUT2D eigenvalue weighted by atomic mass is 28.3. The molecular formula is C11H13N3Si. The first-order valence-corrected chi connectivity index (χ1v) is 8.35. The van der Waals surface area contributed by atoms with Crippen LogP contribution < -0.4 is 0 Å². The molecule has 0 bridgehead atoms. The molecule has 0 spiro atoms. The highest BCUT2D eigenvalue weighted by Crippen LogP contribution is 2.18. The van der Waals surface area contributed by atoms with Crippen LogP contribution in [0.2, 0.25) is 19.6 Å². The van der Waals surface area contributed by atoms with Crippen molar-refractivity contribution in [1.82, 2.24) is 9.22 Å². The summed E-state index contributed by atoms with van der Waals surface area (Å²) < 4.78 is 2.25. The third-order valence-corrected chi connectivity index (χ3v) is 4.20. The Bertz CT molecular complexity index is 543. The van der Waals surface area contributed by atoms with Crippen LogP contribution in [0, 0.1) is 11.3 Å². The highest BCUT2D eigenvalue weighted by Gasteiger charge is 2.18. The minimum atomic E-state index is -1.40. The van der Waals surface area contributed by atoms with Gasteiger partial charge in [-0.25, -0.2) is 4.98 Å². The van der Waals surface area contributed by atoms with E-state index in [1.807, 2.05) is 24.5 Å². The maximum Gasteiger partial charge on any atom is 0.154 e. The summed E-state index contributed by atoms with van der Waals surface area (Å²) in [6, 6.07) is 7.80. The Morgan fingerprint density at radius 2 is 2.07 bits per heavy atom. The molecule has 1 aromatic carbocycles. The maximum absolute atomic E-state index is 8.79. The van der Waals surface area contributed by atoms with Gasteiger partial charge in [0.1, 0.15) is 0 Å². The number of hydrogen-bond donors (Lipinski definition) is 0. The lowest BCUT2D eigenvalue weighted by Gasteiger charge is -2.18. The van der Waals surface area contributed by atoms with Gasteiger partial charge in [0, 0.05) is 0 Å². The van der Waals surface area contributed by atoms with Gasteiger partial charge in [-0.3, -0.25) is 0 Å². The van der Waals surface area contributed by atoms with Crippen molar-refractivity contribution in [3.8, 4) is 6.07 Å². The van der Waals surface area contributed by atoms with Crippen LogP contribution in [0.3, 0.4) is 0 Å². The minimum absolute atomic E-state index is 0.670. The number of benzene rings is 1. The summed E-state index contributed by atoms with van der Waals surface area (Å²) in [6.07, 6.45) is 1.89. The molecule has 4 heteroatoms. The van der Waals surface area contributed by atoms with E-state index in [-0.39, 0.29) is 0 Å². The van der Waals surface area contributed by atoms with Gasteiger partial charge in [0.2, 0.25) is 0 Å². The number of hydrogen-bond acceptors (Lipinski definition) is 2. The number of fused-ring (bicyclic) bond motifs is 1. The predicted molar refractivity (Wildman–Crippen MR) is 63.2 cm³/mol. The third kappa shape index (κ3) is 1.66. The van der Waals surface area contributed by atoms with Crippen LogP contribution in [0.5, 0.6) is 0 Å². The van der Waals surface area contributed by atoms with Crippen molar-refractivity contribution < 1.29 is 0 Å². The fourth-order valence-electron chi connectivity index (χ4n) is 1.62. The van der Waals surface area contributed by atoms with Gasteiger partial charge in [-0.05, 0) is 18.2 Å². The van der Waals surface area contributed by atoms with Crippen LogP contribution in [0.15, 0.2) is 24.5 Å². The standard InChI is InChI=1S/C11H13N3Si/c1-15(2,3)14-8-13-10-6-9(7-12)4-5-11(10)14/h4-6,8H,1-3H3. The highest BCUT2D eigenvalue weighted by molar-refractivity contribution is 6.75. The number of aromatic nitrogens is 2. The molecule has 0 radical (unpaired) electrons. The lowest BCUT2D eigenvalue weighted by molar-refractivity contribution is 1.16. The zero-order valence-corrected chi connectivity index (χ0v) is 10.2. The zero-order valence-electron chi connectivity index (χ0n) is 9.15. The van der Waals surface area contributed by atoms with Gasteiger partial charge in [-0.15, -0.1) is 0 Å². The molecular weight excluding hydrogens is 202 g/mol. The van der Waals surface area contributed by atoms with E-state index in [1.54, 1.807) is 0 Å². The van der Waals surface area contributed by atoms with Crippen molar-refractivity contribution in [3.63, 3.8) is 0 Å². The normalized spacial score (nSPS) is 11.6. The second-order valence-corrected chi connectivity index (χ2v) is 9.42. The second-order valence-electron chi connectivity index (χ2n) is 4.60. The Labute approximate surface area is 90.1 Å². The van der Waals surface area contributed by atoms with Gasteiger partial charge in [0.05, 0.1) is 29.0 Å². The zero-order chi connectivity index (χ0) is 11.1. The molecule has 76 valence electrons. The van der Waals surface area contributed by atoms with Crippen molar-refractivity contribution in [2.24, 2.45) is 0 Å². The van der Waals surface area contributed by atoms with Gasteiger partial charge in [0.15, 0.2) is 8.24 Å². The molecule has 1 aromatic heterocycles. The molecule has 15 heavy (non-hydrogen) atoms. The summed E-state index contributed by atoms with van der Waals surface area (Å²) in [6.45, 7) is 6.81. The Morgan fingerprint density at radius 3 is 2.67 bits per heavy atom. The van der Waals surface area contributed by atoms with Crippen molar-refractivity contribution in [1.29, 1.82) is 5.26 Å². The van der Waals surface area contributed by atoms with Crippen molar-refractivity contribution in [3.05, 3.63) is 30.1 Å². The van der Waals surface area contributed by atoms with E-state index in [0.717, 1.165) is 11.0 Å². The van der Waals surface area contributed by atoms with E-state index < -0.39 is 8.24 Å². The quantitative estimate of drug-likeness (QED) is 0.686. The molecule has 2 aromatic rings. The number of nitriles is 1. The topological polar surface area (TPSA) is 41.6 Å². The molecule has 0 aliphatic rings. The van der Waals surface area contributed by atoms with Gasteiger partial charge in [0.25, 0.3) is 0 Å². The van der Waals surface area contributed by atoms with E-state index in [2.05, 4.69) is 34.9 Å². The second kappa shape index (κ2) is 3.21. The van der Waals surface area contributed by atoms with Gasteiger partial charge in [-0.2, -0.15) is 5.26 Å². The molecule has 3 nitrogen and oxygen atoms in total. The molecule has 0 atom stereocenters. The average molecular weight is 215 g/mol. The van der Waals surface area contributed by atoms with Crippen molar-refractivity contribution in [2.45, 2.75) is 19.6 Å². The molecule has 0 saturated carbocycles. The maximum atomic E-state index is 8.79. The average Bonchev–Trinajstić information content (AvgIpc) is 2.59. The Balaban J connectivity index is 2.69. The van der Waals surface area contributed by atoms with Gasteiger partial charge in [-0.1, -0.05) is 19.6 Å². The smallest absolute Gasteiger partial charge is 0.154 e. The first-order valence-electron chi connectivity index (χ1n) is 4.90. The molecule has 0 saturated heterocycles. The van der Waals surface area contributed by atoms with E-state index in [0.29, 0.717) is 5.56 Å². The Kier molecular flexibility index (Phi) is 2.13. The monoisotopic (exact) mass is 215 g/mol. The number of nitrogens with zero attached hydrogens (tertiary/aromatic N) is 3. The predicted octanol–water partition coefficient (Wildman–Crippen LogP) is 2.59. The Hall–Kier alpha value is -1.60. The lowest BCUT2D eigenvalue weighted by Crippen LogP contribution is -2.30. The molecule has 2 rings (SSSR count). The largest absolute Gasteiger partial charge is 0.359 e. The number of imidazole rings is 1. The first kappa shape index (κ1) is 9.93.